The number of rotatable bonds is 2. The van der Waals surface area contributed by atoms with Crippen LogP contribution in [0.2, 0.25) is 0 Å². The van der Waals surface area contributed by atoms with Gasteiger partial charge in [-0.3, -0.25) is 9.59 Å². The van der Waals surface area contributed by atoms with Crippen LogP contribution in [-0.4, -0.2) is 29.9 Å². The maximum atomic E-state index is 12.3. The highest BCUT2D eigenvalue weighted by molar-refractivity contribution is 5.98. The second-order valence-corrected chi connectivity index (χ2v) is 7.96. The number of carbonyl (C=O) groups excluding carboxylic acids is 3. The van der Waals surface area contributed by atoms with E-state index in [1.54, 1.807) is 6.08 Å². The van der Waals surface area contributed by atoms with Crippen LogP contribution in [0.4, 0.5) is 0 Å². The minimum Gasteiger partial charge on any atom is -0.462 e. The number of carbonyl (C=O) groups is 3. The predicted molar refractivity (Wildman–Crippen MR) is 103 cm³/mol. The molecule has 1 aliphatic carbocycles. The maximum absolute atomic E-state index is 12.3. The van der Waals surface area contributed by atoms with Gasteiger partial charge in [0.1, 0.15) is 18.0 Å². The third kappa shape index (κ3) is 5.91. The van der Waals surface area contributed by atoms with Crippen molar-refractivity contribution in [2.75, 3.05) is 0 Å². The van der Waals surface area contributed by atoms with Crippen molar-refractivity contribution in [1.82, 2.24) is 0 Å². The van der Waals surface area contributed by atoms with Gasteiger partial charge in [-0.25, -0.2) is 4.79 Å². The Labute approximate surface area is 161 Å². The molecule has 2 aliphatic rings. The number of ketones is 1. The highest BCUT2D eigenvalue weighted by Crippen LogP contribution is 2.34. The van der Waals surface area contributed by atoms with E-state index >= 15 is 0 Å². The van der Waals surface area contributed by atoms with Crippen molar-refractivity contribution in [1.29, 1.82) is 0 Å². The minimum atomic E-state index is -0.489. The summed E-state index contributed by atoms with van der Waals surface area (Å²) in [5, 5.41) is 0. The van der Waals surface area contributed by atoms with E-state index in [0.717, 1.165) is 17.6 Å². The zero-order valence-corrected chi connectivity index (χ0v) is 16.9. The Morgan fingerprint density at radius 2 is 1.81 bits per heavy atom. The number of allylic oxidation sites excluding steroid dienone is 3. The van der Waals surface area contributed by atoms with Crippen LogP contribution >= 0.6 is 0 Å². The summed E-state index contributed by atoms with van der Waals surface area (Å²) in [6.45, 7) is 9.39. The van der Waals surface area contributed by atoms with Gasteiger partial charge in [0.05, 0.1) is 0 Å². The molecule has 3 atom stereocenters. The Kier molecular flexibility index (Phi) is 7.17. The maximum Gasteiger partial charge on any atom is 0.334 e. The second-order valence-electron chi connectivity index (χ2n) is 7.96. The molecule has 5 heteroatoms. The zero-order valence-electron chi connectivity index (χ0n) is 16.9. The summed E-state index contributed by atoms with van der Waals surface area (Å²) in [5.74, 6) is -0.832. The number of esters is 2. The first-order valence-corrected chi connectivity index (χ1v) is 9.59. The predicted octanol–water partition coefficient (Wildman–Crippen LogP) is 4.08. The lowest BCUT2D eigenvalue weighted by Crippen LogP contribution is -2.38. The van der Waals surface area contributed by atoms with Gasteiger partial charge >= 0.3 is 11.9 Å². The van der Waals surface area contributed by atoms with Crippen molar-refractivity contribution in [3.63, 3.8) is 0 Å². The first kappa shape index (κ1) is 21.1. The summed E-state index contributed by atoms with van der Waals surface area (Å²) < 4.78 is 11.2. The van der Waals surface area contributed by atoms with Crippen molar-refractivity contribution >= 4 is 17.7 Å². The molecule has 2 rings (SSSR count). The fraction of sp³-hybridized carbons (Fsp3) is 0.591. The molecule has 1 heterocycles. The molecule has 0 saturated carbocycles. The molecule has 1 aliphatic heterocycles. The van der Waals surface area contributed by atoms with Crippen molar-refractivity contribution in [3.8, 4) is 0 Å². The van der Waals surface area contributed by atoms with Crippen LogP contribution in [0.15, 0.2) is 34.9 Å². The van der Waals surface area contributed by atoms with E-state index in [9.17, 15) is 14.4 Å². The molecule has 27 heavy (non-hydrogen) atoms. The van der Waals surface area contributed by atoms with E-state index in [4.69, 9.17) is 9.47 Å². The molecule has 0 aromatic rings. The Bertz CT molecular complexity index is 695. The summed E-state index contributed by atoms with van der Waals surface area (Å²) in [6, 6.07) is 0. The van der Waals surface area contributed by atoms with E-state index in [1.807, 2.05) is 33.8 Å². The molecule has 0 N–H and O–H groups in total. The van der Waals surface area contributed by atoms with Gasteiger partial charge in [0.15, 0.2) is 0 Å². The number of ether oxygens (including phenoxy) is 2. The van der Waals surface area contributed by atoms with Gasteiger partial charge < -0.3 is 9.47 Å². The third-order valence-corrected chi connectivity index (χ3v) is 5.09. The monoisotopic (exact) mass is 374 g/mol. The van der Waals surface area contributed by atoms with Crippen molar-refractivity contribution in [3.05, 3.63) is 34.9 Å². The van der Waals surface area contributed by atoms with Crippen LogP contribution in [0.5, 0.6) is 0 Å². The molecule has 0 spiro atoms. The largest absolute Gasteiger partial charge is 0.462 e. The zero-order chi connectivity index (χ0) is 20.1. The normalized spacial score (nSPS) is 31.2. The quantitative estimate of drug-likeness (QED) is 0.538. The first-order valence-electron chi connectivity index (χ1n) is 9.59. The number of fused-ring (bicyclic) bond motifs is 1. The van der Waals surface area contributed by atoms with Crippen molar-refractivity contribution < 1.29 is 23.9 Å². The molecule has 0 saturated heterocycles. The van der Waals surface area contributed by atoms with Gasteiger partial charge in [0.2, 0.25) is 0 Å². The lowest BCUT2D eigenvalue weighted by Gasteiger charge is -2.33. The molecule has 0 radical (unpaired) electrons. The average molecular weight is 374 g/mol. The Balaban J connectivity index is 2.43. The summed E-state index contributed by atoms with van der Waals surface area (Å²) in [4.78, 5) is 36.3. The molecule has 0 amide bonds. The molecule has 5 nitrogen and oxygen atoms in total. The number of hydrogen-bond acceptors (Lipinski definition) is 5. The molecular formula is C22H30O5. The summed E-state index contributed by atoms with van der Waals surface area (Å²) in [6.07, 6.45) is 6.73. The van der Waals surface area contributed by atoms with Crippen LogP contribution in [0.3, 0.4) is 0 Å². The molecule has 0 fully saturated rings. The molecule has 0 aromatic heterocycles. The van der Waals surface area contributed by atoms with Crippen LogP contribution in [0.25, 0.3) is 0 Å². The standard InChI is InChI=1S/C22H30O5/c1-13(2)21-19(26-16(5)23)10-15(4)8-6-7-14(3)9-18(24)11-17-12-20(21)27-22(17)25/h7-8,12-13,19-21H,6,9-11H2,1-5H3/b14-7-,15-8+/t19-,20-,21-/m1/s1. The second kappa shape index (κ2) is 9.16. The van der Waals surface area contributed by atoms with Gasteiger partial charge in [-0.2, -0.15) is 0 Å². The smallest absolute Gasteiger partial charge is 0.334 e. The van der Waals surface area contributed by atoms with E-state index in [2.05, 4.69) is 6.08 Å². The Morgan fingerprint density at radius 1 is 1.15 bits per heavy atom. The molecular weight excluding hydrogens is 344 g/mol. The third-order valence-electron chi connectivity index (χ3n) is 5.09. The van der Waals surface area contributed by atoms with Gasteiger partial charge in [0, 0.05) is 37.7 Å². The van der Waals surface area contributed by atoms with Crippen LogP contribution in [-0.2, 0) is 23.9 Å². The van der Waals surface area contributed by atoms with E-state index < -0.39 is 18.2 Å². The topological polar surface area (TPSA) is 69.7 Å². The highest BCUT2D eigenvalue weighted by atomic mass is 16.6. The summed E-state index contributed by atoms with van der Waals surface area (Å²) >= 11 is 0. The lowest BCUT2D eigenvalue weighted by atomic mass is 9.82. The Hall–Kier alpha value is -2.17. The van der Waals surface area contributed by atoms with Gasteiger partial charge in [-0.1, -0.05) is 37.1 Å². The van der Waals surface area contributed by atoms with E-state index in [-0.39, 0.29) is 30.0 Å². The molecule has 148 valence electrons. The van der Waals surface area contributed by atoms with Gasteiger partial charge in [-0.05, 0) is 32.3 Å². The minimum absolute atomic E-state index is 0.00277. The highest BCUT2D eigenvalue weighted by Gasteiger charge is 2.40. The fourth-order valence-electron chi connectivity index (χ4n) is 3.83. The Morgan fingerprint density at radius 3 is 2.44 bits per heavy atom. The molecule has 0 aromatic carbocycles. The lowest BCUT2D eigenvalue weighted by molar-refractivity contribution is -0.156. The van der Waals surface area contributed by atoms with Crippen molar-refractivity contribution in [2.24, 2.45) is 11.8 Å². The van der Waals surface area contributed by atoms with Crippen molar-refractivity contribution in [2.45, 2.75) is 72.5 Å². The van der Waals surface area contributed by atoms with Crippen LogP contribution < -0.4 is 0 Å². The van der Waals surface area contributed by atoms with E-state index in [1.165, 1.54) is 6.92 Å². The SMILES string of the molecule is CC(=O)O[C@@H]1C/C(C)=C/C/C=C(/C)CC(=O)CC2=C[C@@H](OC2=O)[C@@H]1C(C)C. The first-order chi connectivity index (χ1) is 12.7. The van der Waals surface area contributed by atoms with E-state index in [0.29, 0.717) is 18.4 Å². The summed E-state index contributed by atoms with van der Waals surface area (Å²) in [7, 11) is 0. The average Bonchev–Trinajstić information content (AvgIpc) is 2.85. The molecule has 0 unspecified atom stereocenters. The fourth-order valence-corrected chi connectivity index (χ4v) is 3.83. The number of Topliss-reactive ketones (excluding diaryl/α,β-unsaturated/α-hetero) is 1. The molecule has 2 bridgehead atoms. The van der Waals surface area contributed by atoms with Crippen LogP contribution in [0, 0.1) is 11.8 Å². The summed E-state index contributed by atoms with van der Waals surface area (Å²) in [5.41, 5.74) is 2.50. The van der Waals surface area contributed by atoms with Crippen LogP contribution in [0.1, 0.15) is 60.3 Å². The van der Waals surface area contributed by atoms with Gasteiger partial charge in [-0.15, -0.1) is 0 Å². The van der Waals surface area contributed by atoms with Gasteiger partial charge in [0.25, 0.3) is 0 Å². The number of hydrogen-bond donors (Lipinski definition) is 0.